The zero-order valence-electron chi connectivity index (χ0n) is 6.55. The normalized spacial score (nSPS) is 15.8. The van der Waals surface area contributed by atoms with Crippen molar-refractivity contribution in [3.63, 3.8) is 0 Å². The second-order valence-electron chi connectivity index (χ2n) is 2.84. The molecule has 0 bridgehead atoms. The fourth-order valence-electron chi connectivity index (χ4n) is 0.843. The molecule has 1 heterocycles. The van der Waals surface area contributed by atoms with Crippen molar-refractivity contribution in [2.24, 2.45) is 0 Å². The topological polar surface area (TPSA) is 26.3 Å². The highest BCUT2D eigenvalue weighted by Crippen LogP contribution is 2.34. The van der Waals surface area contributed by atoms with Crippen molar-refractivity contribution in [3.8, 4) is 0 Å². The van der Waals surface area contributed by atoms with Gasteiger partial charge in [-0.15, -0.1) is 11.3 Å². The van der Waals surface area contributed by atoms with Gasteiger partial charge in [-0.3, -0.25) is 0 Å². The molecule has 1 aliphatic rings. The summed E-state index contributed by atoms with van der Waals surface area (Å²) in [6.45, 7) is 0. The van der Waals surface area contributed by atoms with Crippen molar-refractivity contribution in [2.45, 2.75) is 18.9 Å². The van der Waals surface area contributed by atoms with Gasteiger partial charge in [-0.05, 0) is 50.8 Å². The van der Waals surface area contributed by atoms with Crippen LogP contribution < -0.4 is 0 Å². The Labute approximate surface area is 96.5 Å². The van der Waals surface area contributed by atoms with Gasteiger partial charge in [-0.2, -0.15) is 0 Å². The first-order chi connectivity index (χ1) is 6.16. The third-order valence-electron chi connectivity index (χ3n) is 1.64. The molecule has 2 rings (SSSR count). The molecule has 0 saturated heterocycles. The lowest BCUT2D eigenvalue weighted by atomic mass is 10.5. The van der Waals surface area contributed by atoms with E-state index in [-0.39, 0.29) is 12.1 Å². The number of esters is 1. The van der Waals surface area contributed by atoms with E-state index in [0.29, 0.717) is 4.88 Å². The molecule has 0 radical (unpaired) electrons. The third-order valence-corrected chi connectivity index (χ3v) is 4.88. The first kappa shape index (κ1) is 9.68. The Bertz CT molecular complexity index is 324. The lowest BCUT2D eigenvalue weighted by Gasteiger charge is -1.97. The largest absolute Gasteiger partial charge is 0.458 e. The van der Waals surface area contributed by atoms with Gasteiger partial charge in [-0.1, -0.05) is 0 Å². The predicted octanol–water partition coefficient (Wildman–Crippen LogP) is 3.59. The maximum atomic E-state index is 11.4. The number of ether oxygens (including phenoxy) is 1. The fourth-order valence-corrected chi connectivity index (χ4v) is 2.76. The number of rotatable bonds is 2. The van der Waals surface area contributed by atoms with Crippen molar-refractivity contribution >= 4 is 49.2 Å². The van der Waals surface area contributed by atoms with E-state index in [4.69, 9.17) is 4.74 Å². The highest BCUT2D eigenvalue weighted by molar-refractivity contribution is 9.13. The number of hydrogen-bond acceptors (Lipinski definition) is 3. The van der Waals surface area contributed by atoms with Crippen LogP contribution in [0.1, 0.15) is 22.5 Å². The summed E-state index contributed by atoms with van der Waals surface area (Å²) < 4.78 is 6.97. The maximum absolute atomic E-state index is 11.4. The third kappa shape index (κ3) is 2.33. The molecule has 0 amide bonds. The Morgan fingerprint density at radius 1 is 1.54 bits per heavy atom. The minimum atomic E-state index is -0.209. The second-order valence-corrected chi connectivity index (χ2v) is 6.06. The summed E-state index contributed by atoms with van der Waals surface area (Å²) in [5.41, 5.74) is 0. The Hall–Kier alpha value is 0.130. The van der Waals surface area contributed by atoms with Crippen LogP contribution in [0.4, 0.5) is 0 Å². The van der Waals surface area contributed by atoms with E-state index >= 15 is 0 Å². The summed E-state index contributed by atoms with van der Waals surface area (Å²) in [6, 6.07) is 1.78. The van der Waals surface area contributed by atoms with Crippen LogP contribution in [-0.2, 0) is 4.74 Å². The first-order valence-electron chi connectivity index (χ1n) is 3.82. The Morgan fingerprint density at radius 2 is 2.23 bits per heavy atom. The molecular weight excluding hydrogens is 320 g/mol. The van der Waals surface area contributed by atoms with Crippen LogP contribution in [0.2, 0.25) is 0 Å². The average Bonchev–Trinajstić information content (AvgIpc) is 2.81. The van der Waals surface area contributed by atoms with Gasteiger partial charge in [0.2, 0.25) is 0 Å². The van der Waals surface area contributed by atoms with E-state index < -0.39 is 0 Å². The average molecular weight is 326 g/mol. The fraction of sp³-hybridized carbons (Fsp3) is 0.375. The van der Waals surface area contributed by atoms with Crippen LogP contribution >= 0.6 is 43.2 Å². The van der Waals surface area contributed by atoms with Crippen molar-refractivity contribution in [1.29, 1.82) is 0 Å². The zero-order valence-corrected chi connectivity index (χ0v) is 10.5. The van der Waals surface area contributed by atoms with E-state index in [1.165, 1.54) is 11.3 Å². The minimum absolute atomic E-state index is 0.173. The minimum Gasteiger partial charge on any atom is -0.458 e. The molecule has 1 aromatic rings. The van der Waals surface area contributed by atoms with Gasteiger partial charge in [0.25, 0.3) is 0 Å². The van der Waals surface area contributed by atoms with Crippen molar-refractivity contribution in [2.75, 3.05) is 0 Å². The standard InChI is InChI=1S/C8H6Br2O2S/c9-5-3-6(13-7(5)10)8(11)12-4-1-2-4/h3-4H,1-2H2. The van der Waals surface area contributed by atoms with Crippen molar-refractivity contribution < 1.29 is 9.53 Å². The zero-order chi connectivity index (χ0) is 9.42. The molecule has 5 heteroatoms. The van der Waals surface area contributed by atoms with E-state index in [0.717, 1.165) is 21.1 Å². The number of thiophene rings is 1. The molecule has 1 aromatic heterocycles. The molecular formula is C8H6Br2O2S. The molecule has 0 N–H and O–H groups in total. The Balaban J connectivity index is 2.09. The van der Waals surface area contributed by atoms with E-state index in [1.54, 1.807) is 6.07 Å². The number of hydrogen-bond donors (Lipinski definition) is 0. The molecule has 0 aromatic carbocycles. The molecule has 1 saturated carbocycles. The highest BCUT2D eigenvalue weighted by Gasteiger charge is 2.27. The molecule has 0 spiro atoms. The summed E-state index contributed by atoms with van der Waals surface area (Å²) in [5, 5.41) is 0. The van der Waals surface area contributed by atoms with Crippen LogP contribution in [0.3, 0.4) is 0 Å². The molecule has 1 fully saturated rings. The lowest BCUT2D eigenvalue weighted by molar-refractivity contribution is 0.0478. The van der Waals surface area contributed by atoms with Crippen LogP contribution in [0, 0.1) is 0 Å². The van der Waals surface area contributed by atoms with Crippen molar-refractivity contribution in [1.82, 2.24) is 0 Å². The molecule has 0 aliphatic heterocycles. The second kappa shape index (κ2) is 3.71. The van der Waals surface area contributed by atoms with Gasteiger partial charge in [-0.25, -0.2) is 4.79 Å². The molecule has 13 heavy (non-hydrogen) atoms. The van der Waals surface area contributed by atoms with Gasteiger partial charge in [0.15, 0.2) is 0 Å². The SMILES string of the molecule is O=C(OC1CC1)c1cc(Br)c(Br)s1. The van der Waals surface area contributed by atoms with Gasteiger partial charge in [0.05, 0.1) is 3.79 Å². The monoisotopic (exact) mass is 324 g/mol. The molecule has 1 aliphatic carbocycles. The molecule has 70 valence electrons. The highest BCUT2D eigenvalue weighted by atomic mass is 79.9. The summed E-state index contributed by atoms with van der Waals surface area (Å²) in [6.07, 6.45) is 2.20. The smallest absolute Gasteiger partial charge is 0.348 e. The molecule has 0 atom stereocenters. The molecule has 0 unspecified atom stereocenters. The summed E-state index contributed by atoms with van der Waals surface area (Å²) in [4.78, 5) is 12.1. The van der Waals surface area contributed by atoms with E-state index in [1.807, 2.05) is 0 Å². The van der Waals surface area contributed by atoms with Gasteiger partial charge < -0.3 is 4.74 Å². The van der Waals surface area contributed by atoms with Gasteiger partial charge in [0, 0.05) is 4.47 Å². The first-order valence-corrected chi connectivity index (χ1v) is 6.23. The van der Waals surface area contributed by atoms with Crippen LogP contribution in [0.25, 0.3) is 0 Å². The van der Waals surface area contributed by atoms with Crippen LogP contribution in [0.15, 0.2) is 14.3 Å². The van der Waals surface area contributed by atoms with Crippen LogP contribution in [0.5, 0.6) is 0 Å². The van der Waals surface area contributed by atoms with Gasteiger partial charge in [0.1, 0.15) is 11.0 Å². The number of halogens is 2. The number of carbonyl (C=O) groups excluding carboxylic acids is 1. The summed E-state index contributed by atoms with van der Waals surface area (Å²) >= 11 is 8.04. The predicted molar refractivity (Wildman–Crippen MR) is 58.2 cm³/mol. The summed E-state index contributed by atoms with van der Waals surface area (Å²) in [7, 11) is 0. The lowest BCUT2D eigenvalue weighted by Crippen LogP contribution is -2.03. The Morgan fingerprint density at radius 3 is 2.69 bits per heavy atom. The quantitative estimate of drug-likeness (QED) is 0.777. The van der Waals surface area contributed by atoms with E-state index in [2.05, 4.69) is 31.9 Å². The maximum Gasteiger partial charge on any atom is 0.348 e. The molecule has 2 nitrogen and oxygen atoms in total. The van der Waals surface area contributed by atoms with Crippen LogP contribution in [-0.4, -0.2) is 12.1 Å². The van der Waals surface area contributed by atoms with Crippen molar-refractivity contribution in [3.05, 3.63) is 19.2 Å². The Kier molecular flexibility index (Phi) is 2.76. The number of carbonyl (C=O) groups is 1. The van der Waals surface area contributed by atoms with E-state index in [9.17, 15) is 4.79 Å². The summed E-state index contributed by atoms with van der Waals surface area (Å²) in [5.74, 6) is -0.209. The van der Waals surface area contributed by atoms with Gasteiger partial charge >= 0.3 is 5.97 Å².